The van der Waals surface area contributed by atoms with E-state index < -0.39 is 5.91 Å². The van der Waals surface area contributed by atoms with E-state index in [0.717, 1.165) is 19.5 Å². The minimum atomic E-state index is -0.637. The molecular formula is C10H15N5O2. The van der Waals surface area contributed by atoms with Crippen LogP contribution in [0.2, 0.25) is 0 Å². The van der Waals surface area contributed by atoms with Crippen LogP contribution >= 0.6 is 0 Å². The summed E-state index contributed by atoms with van der Waals surface area (Å²) in [5.74, 6) is -0.872. The largest absolute Gasteiger partial charge is 0.364 e. The number of nitrogens with one attached hydrogen (secondary N) is 2. The fraction of sp³-hybridized carbons (Fsp3) is 0.500. The predicted molar refractivity (Wildman–Crippen MR) is 60.5 cm³/mol. The zero-order valence-corrected chi connectivity index (χ0v) is 9.56. The lowest BCUT2D eigenvalue weighted by Crippen LogP contribution is -2.37. The van der Waals surface area contributed by atoms with Crippen LogP contribution in [0.3, 0.4) is 0 Å². The molecule has 0 bridgehead atoms. The highest BCUT2D eigenvalue weighted by Gasteiger charge is 2.21. The molecule has 1 unspecified atom stereocenters. The average Bonchev–Trinajstić information content (AvgIpc) is 2.86. The van der Waals surface area contributed by atoms with E-state index in [1.54, 1.807) is 7.05 Å². The molecule has 1 aliphatic rings. The molecule has 2 amide bonds. The van der Waals surface area contributed by atoms with Gasteiger partial charge in [0.1, 0.15) is 5.69 Å². The van der Waals surface area contributed by atoms with E-state index in [1.165, 1.54) is 10.7 Å². The number of carbonyl (C=O) groups is 2. The molecule has 1 aliphatic heterocycles. The number of hydrogen-bond donors (Lipinski definition) is 3. The van der Waals surface area contributed by atoms with Gasteiger partial charge in [0.05, 0.1) is 0 Å². The Bertz CT molecular complexity index is 448. The van der Waals surface area contributed by atoms with Crippen LogP contribution in [0.1, 0.15) is 27.4 Å². The van der Waals surface area contributed by atoms with E-state index in [4.69, 9.17) is 5.73 Å². The molecule has 1 aromatic heterocycles. The minimum absolute atomic E-state index is 0.0993. The van der Waals surface area contributed by atoms with Gasteiger partial charge in [-0.1, -0.05) is 0 Å². The Morgan fingerprint density at radius 3 is 2.94 bits per heavy atom. The van der Waals surface area contributed by atoms with Gasteiger partial charge in [0.15, 0.2) is 5.69 Å². The van der Waals surface area contributed by atoms with Crippen LogP contribution in [0, 0.1) is 0 Å². The van der Waals surface area contributed by atoms with Crippen LogP contribution in [0.5, 0.6) is 0 Å². The summed E-state index contributed by atoms with van der Waals surface area (Å²) < 4.78 is 1.36. The maximum atomic E-state index is 11.9. The molecule has 0 aliphatic carbocycles. The normalized spacial score (nSPS) is 19.2. The number of nitrogens with zero attached hydrogens (tertiary/aromatic N) is 2. The predicted octanol–water partition coefficient (Wildman–Crippen LogP) is -1.39. The number of amides is 2. The van der Waals surface area contributed by atoms with E-state index in [0.29, 0.717) is 5.69 Å². The first kappa shape index (κ1) is 11.6. The molecule has 7 nitrogen and oxygen atoms in total. The lowest BCUT2D eigenvalue weighted by molar-refractivity contribution is 0.0929. The van der Waals surface area contributed by atoms with Gasteiger partial charge in [-0.15, -0.1) is 0 Å². The van der Waals surface area contributed by atoms with E-state index in [-0.39, 0.29) is 17.6 Å². The van der Waals surface area contributed by atoms with Crippen molar-refractivity contribution < 1.29 is 9.59 Å². The summed E-state index contributed by atoms with van der Waals surface area (Å²) in [5.41, 5.74) is 5.54. The molecule has 0 spiro atoms. The maximum Gasteiger partial charge on any atom is 0.269 e. The molecule has 92 valence electrons. The summed E-state index contributed by atoms with van der Waals surface area (Å²) in [6.45, 7) is 1.68. The molecule has 1 atom stereocenters. The highest BCUT2D eigenvalue weighted by Crippen LogP contribution is 2.05. The first-order valence-electron chi connectivity index (χ1n) is 5.43. The SMILES string of the molecule is Cn1nc(C(N)=O)cc1C(=O)NC1CCNC1. The fourth-order valence-corrected chi connectivity index (χ4v) is 1.84. The van der Waals surface area contributed by atoms with Crippen LogP contribution in [-0.4, -0.2) is 40.7 Å². The second-order valence-corrected chi connectivity index (χ2v) is 4.07. The minimum Gasteiger partial charge on any atom is -0.364 e. The number of aromatic nitrogens is 2. The van der Waals surface area contributed by atoms with Crippen LogP contribution in [0.15, 0.2) is 6.07 Å². The maximum absolute atomic E-state index is 11.9. The van der Waals surface area contributed by atoms with Crippen molar-refractivity contribution in [3.8, 4) is 0 Å². The van der Waals surface area contributed by atoms with Crippen LogP contribution < -0.4 is 16.4 Å². The molecule has 1 saturated heterocycles. The number of primary amides is 1. The van der Waals surface area contributed by atoms with Crippen LogP contribution in [-0.2, 0) is 7.05 Å². The smallest absolute Gasteiger partial charge is 0.269 e. The summed E-state index contributed by atoms with van der Waals surface area (Å²) in [6, 6.07) is 1.54. The second-order valence-electron chi connectivity index (χ2n) is 4.07. The molecular weight excluding hydrogens is 222 g/mol. The lowest BCUT2D eigenvalue weighted by atomic mass is 10.2. The molecule has 0 radical (unpaired) electrons. The van der Waals surface area contributed by atoms with E-state index in [2.05, 4.69) is 15.7 Å². The van der Waals surface area contributed by atoms with Crippen molar-refractivity contribution in [2.45, 2.75) is 12.5 Å². The molecule has 1 aromatic rings. The van der Waals surface area contributed by atoms with Gasteiger partial charge in [0.2, 0.25) is 0 Å². The van der Waals surface area contributed by atoms with Gasteiger partial charge in [0.25, 0.3) is 11.8 Å². The standard InChI is InChI=1S/C10H15N5O2/c1-15-8(4-7(14-15)9(11)16)10(17)13-6-2-3-12-5-6/h4,6,12H,2-3,5H2,1H3,(H2,11,16)(H,13,17). The Kier molecular flexibility index (Phi) is 3.10. The zero-order chi connectivity index (χ0) is 12.4. The van der Waals surface area contributed by atoms with E-state index >= 15 is 0 Å². The van der Waals surface area contributed by atoms with Crippen LogP contribution in [0.4, 0.5) is 0 Å². The molecule has 4 N–H and O–H groups in total. The molecule has 2 rings (SSSR count). The Labute approximate surface area is 98.4 Å². The Morgan fingerprint density at radius 1 is 1.65 bits per heavy atom. The zero-order valence-electron chi connectivity index (χ0n) is 9.56. The molecule has 0 saturated carbocycles. The van der Waals surface area contributed by atoms with Gasteiger partial charge in [-0.3, -0.25) is 14.3 Å². The Morgan fingerprint density at radius 2 is 2.41 bits per heavy atom. The fourth-order valence-electron chi connectivity index (χ4n) is 1.84. The van der Waals surface area contributed by atoms with Gasteiger partial charge in [-0.05, 0) is 13.0 Å². The topological polar surface area (TPSA) is 102 Å². The highest BCUT2D eigenvalue weighted by atomic mass is 16.2. The lowest BCUT2D eigenvalue weighted by Gasteiger charge is -2.10. The number of hydrogen-bond acceptors (Lipinski definition) is 4. The quantitative estimate of drug-likeness (QED) is 0.602. The highest BCUT2D eigenvalue weighted by molar-refractivity contribution is 5.97. The molecule has 2 heterocycles. The van der Waals surface area contributed by atoms with Gasteiger partial charge in [-0.25, -0.2) is 0 Å². The van der Waals surface area contributed by atoms with Crippen molar-refractivity contribution in [1.29, 1.82) is 0 Å². The number of rotatable bonds is 3. The van der Waals surface area contributed by atoms with Crippen molar-refractivity contribution in [3.05, 3.63) is 17.5 Å². The van der Waals surface area contributed by atoms with Crippen molar-refractivity contribution in [2.24, 2.45) is 12.8 Å². The summed E-state index contributed by atoms with van der Waals surface area (Å²) in [6.07, 6.45) is 0.909. The molecule has 7 heteroatoms. The van der Waals surface area contributed by atoms with E-state index in [9.17, 15) is 9.59 Å². The monoisotopic (exact) mass is 237 g/mol. The number of carbonyl (C=O) groups excluding carboxylic acids is 2. The number of nitrogens with two attached hydrogens (primary N) is 1. The van der Waals surface area contributed by atoms with E-state index in [1.807, 2.05) is 0 Å². The average molecular weight is 237 g/mol. The summed E-state index contributed by atoms with van der Waals surface area (Å²) >= 11 is 0. The first-order chi connectivity index (χ1) is 8.08. The summed E-state index contributed by atoms with van der Waals surface area (Å²) in [5, 5.41) is 9.90. The molecule has 17 heavy (non-hydrogen) atoms. The van der Waals surface area contributed by atoms with Crippen molar-refractivity contribution in [3.63, 3.8) is 0 Å². The third kappa shape index (κ3) is 2.44. The van der Waals surface area contributed by atoms with Crippen molar-refractivity contribution in [2.75, 3.05) is 13.1 Å². The summed E-state index contributed by atoms with van der Waals surface area (Å²) in [7, 11) is 1.61. The third-order valence-electron chi connectivity index (χ3n) is 2.76. The Balaban J connectivity index is 2.10. The van der Waals surface area contributed by atoms with Crippen LogP contribution in [0.25, 0.3) is 0 Å². The first-order valence-corrected chi connectivity index (χ1v) is 5.43. The van der Waals surface area contributed by atoms with Crippen molar-refractivity contribution >= 4 is 11.8 Å². The summed E-state index contributed by atoms with van der Waals surface area (Å²) in [4.78, 5) is 22.8. The third-order valence-corrected chi connectivity index (χ3v) is 2.76. The van der Waals surface area contributed by atoms with Gasteiger partial charge in [-0.2, -0.15) is 5.10 Å². The van der Waals surface area contributed by atoms with Gasteiger partial charge in [0, 0.05) is 25.7 Å². The molecule has 1 fully saturated rings. The Hall–Kier alpha value is -1.89. The molecule has 0 aromatic carbocycles. The van der Waals surface area contributed by atoms with Gasteiger partial charge < -0.3 is 16.4 Å². The van der Waals surface area contributed by atoms with Gasteiger partial charge >= 0.3 is 0 Å². The number of aryl methyl sites for hydroxylation is 1. The second kappa shape index (κ2) is 4.54. The van der Waals surface area contributed by atoms with Crippen molar-refractivity contribution in [1.82, 2.24) is 20.4 Å².